The Balaban J connectivity index is 2.65. The van der Waals surface area contributed by atoms with Gasteiger partial charge in [0, 0.05) is 6.08 Å². The normalized spacial score (nSPS) is 31.8. The number of rotatable bonds is 1. The van der Waals surface area contributed by atoms with Gasteiger partial charge in [0.05, 0.1) is 7.11 Å². The van der Waals surface area contributed by atoms with E-state index in [1.807, 2.05) is 0 Å². The van der Waals surface area contributed by atoms with Gasteiger partial charge < -0.3 is 4.74 Å². The zero-order valence-electron chi connectivity index (χ0n) is 8.67. The van der Waals surface area contributed by atoms with Gasteiger partial charge in [-0.15, -0.1) is 0 Å². The molecule has 0 N–H and O–H groups in total. The van der Waals surface area contributed by atoms with Gasteiger partial charge in [0.15, 0.2) is 0 Å². The molecule has 1 saturated carbocycles. The average Bonchev–Trinajstić information content (AvgIpc) is 2.11. The van der Waals surface area contributed by atoms with Crippen LogP contribution in [-0.2, 0) is 9.53 Å². The lowest BCUT2D eigenvalue weighted by atomic mass is 9.80. The van der Waals surface area contributed by atoms with E-state index >= 15 is 0 Å². The number of carbonyl (C=O) groups excluding carboxylic acids is 1. The van der Waals surface area contributed by atoms with E-state index in [0.717, 1.165) is 6.42 Å². The molecule has 0 radical (unpaired) electrons. The number of ether oxygens (including phenoxy) is 1. The Hall–Kier alpha value is -0.790. The van der Waals surface area contributed by atoms with Crippen molar-refractivity contribution in [2.24, 2.45) is 11.8 Å². The minimum atomic E-state index is -0.212. The van der Waals surface area contributed by atoms with Crippen molar-refractivity contribution in [3.63, 3.8) is 0 Å². The first-order valence-corrected chi connectivity index (χ1v) is 4.92. The Morgan fingerprint density at radius 1 is 1.46 bits per heavy atom. The highest BCUT2D eigenvalue weighted by molar-refractivity contribution is 5.82. The fourth-order valence-electron chi connectivity index (χ4n) is 1.84. The van der Waals surface area contributed by atoms with E-state index in [4.69, 9.17) is 0 Å². The number of methoxy groups -OCH3 is 1. The summed E-state index contributed by atoms with van der Waals surface area (Å²) in [7, 11) is 1.43. The third-order valence-corrected chi connectivity index (χ3v) is 2.81. The number of hydrogen-bond acceptors (Lipinski definition) is 2. The van der Waals surface area contributed by atoms with Crippen LogP contribution in [0.25, 0.3) is 0 Å². The molecule has 2 unspecified atom stereocenters. The van der Waals surface area contributed by atoms with E-state index in [1.54, 1.807) is 6.08 Å². The van der Waals surface area contributed by atoms with Crippen LogP contribution in [-0.4, -0.2) is 13.1 Å². The molecule has 1 aliphatic rings. The lowest BCUT2D eigenvalue weighted by Gasteiger charge is -2.26. The highest BCUT2D eigenvalue weighted by Crippen LogP contribution is 2.32. The first kappa shape index (κ1) is 10.3. The Kier molecular flexibility index (Phi) is 3.52. The number of allylic oxidation sites excluding steroid dienone is 1. The van der Waals surface area contributed by atoms with Crippen molar-refractivity contribution in [1.29, 1.82) is 0 Å². The molecule has 2 atom stereocenters. The van der Waals surface area contributed by atoms with E-state index in [1.165, 1.54) is 25.5 Å². The van der Waals surface area contributed by atoms with Crippen molar-refractivity contribution in [3.05, 3.63) is 11.6 Å². The predicted molar refractivity (Wildman–Crippen MR) is 52.3 cm³/mol. The van der Waals surface area contributed by atoms with Gasteiger partial charge in [-0.25, -0.2) is 4.79 Å². The first-order valence-electron chi connectivity index (χ1n) is 4.92. The lowest BCUT2D eigenvalue weighted by Crippen LogP contribution is -2.14. The van der Waals surface area contributed by atoms with Crippen molar-refractivity contribution < 1.29 is 9.53 Å². The molecular weight excluding hydrogens is 164 g/mol. The molecule has 1 rings (SSSR count). The van der Waals surface area contributed by atoms with Gasteiger partial charge in [-0.3, -0.25) is 0 Å². The maximum Gasteiger partial charge on any atom is 0.330 e. The maximum atomic E-state index is 11.0. The Bertz CT molecular complexity index is 218. The van der Waals surface area contributed by atoms with Crippen molar-refractivity contribution >= 4 is 5.97 Å². The van der Waals surface area contributed by atoms with Crippen LogP contribution in [0.5, 0.6) is 0 Å². The quantitative estimate of drug-likeness (QED) is 0.460. The molecule has 0 aromatic carbocycles. The van der Waals surface area contributed by atoms with Crippen LogP contribution in [0.1, 0.15) is 33.1 Å². The molecule has 0 aliphatic heterocycles. The predicted octanol–water partition coefficient (Wildman–Crippen LogP) is 2.54. The van der Waals surface area contributed by atoms with Crippen molar-refractivity contribution in [3.8, 4) is 0 Å². The second-order valence-electron chi connectivity index (χ2n) is 4.03. The minimum absolute atomic E-state index is 0.212. The summed E-state index contributed by atoms with van der Waals surface area (Å²) in [5.41, 5.74) is 1.26. The zero-order chi connectivity index (χ0) is 9.84. The lowest BCUT2D eigenvalue weighted by molar-refractivity contribution is -0.134. The highest BCUT2D eigenvalue weighted by atomic mass is 16.5. The molecule has 2 nitrogen and oxygen atoms in total. The summed E-state index contributed by atoms with van der Waals surface area (Å²) in [4.78, 5) is 11.0. The minimum Gasteiger partial charge on any atom is -0.466 e. The summed E-state index contributed by atoms with van der Waals surface area (Å²) in [6.45, 7) is 4.41. The molecule has 0 aromatic heterocycles. The fourth-order valence-corrected chi connectivity index (χ4v) is 1.84. The van der Waals surface area contributed by atoms with Crippen molar-refractivity contribution in [1.82, 2.24) is 0 Å². The summed E-state index contributed by atoms with van der Waals surface area (Å²) in [5, 5.41) is 0. The Morgan fingerprint density at radius 3 is 2.77 bits per heavy atom. The Morgan fingerprint density at radius 2 is 2.15 bits per heavy atom. The van der Waals surface area contributed by atoms with E-state index < -0.39 is 0 Å². The molecule has 0 heterocycles. The number of esters is 1. The molecule has 74 valence electrons. The van der Waals surface area contributed by atoms with Gasteiger partial charge >= 0.3 is 5.97 Å². The summed E-state index contributed by atoms with van der Waals surface area (Å²) >= 11 is 0. The standard InChI is InChI=1S/C11H18O2/c1-8-4-5-9(2)10(6-8)7-11(12)13-3/h7-9H,4-6H2,1-3H3/b10-7+. The van der Waals surface area contributed by atoms with Crippen LogP contribution in [0.4, 0.5) is 0 Å². The molecule has 0 saturated heterocycles. The van der Waals surface area contributed by atoms with Crippen LogP contribution >= 0.6 is 0 Å². The van der Waals surface area contributed by atoms with Crippen LogP contribution in [0.15, 0.2) is 11.6 Å². The smallest absolute Gasteiger partial charge is 0.330 e. The molecule has 2 heteroatoms. The van der Waals surface area contributed by atoms with Gasteiger partial charge in [-0.05, 0) is 31.1 Å². The molecular formula is C11H18O2. The van der Waals surface area contributed by atoms with Crippen molar-refractivity contribution in [2.45, 2.75) is 33.1 Å². The summed E-state index contributed by atoms with van der Waals surface area (Å²) in [6.07, 6.45) is 5.19. The van der Waals surface area contributed by atoms with Crippen LogP contribution in [0, 0.1) is 11.8 Å². The Labute approximate surface area is 80.0 Å². The monoisotopic (exact) mass is 182 g/mol. The number of hydrogen-bond donors (Lipinski definition) is 0. The molecule has 13 heavy (non-hydrogen) atoms. The second-order valence-corrected chi connectivity index (χ2v) is 4.03. The molecule has 0 amide bonds. The van der Waals surface area contributed by atoms with E-state index in [0.29, 0.717) is 11.8 Å². The van der Waals surface area contributed by atoms with Gasteiger partial charge in [-0.2, -0.15) is 0 Å². The largest absolute Gasteiger partial charge is 0.466 e. The highest BCUT2D eigenvalue weighted by Gasteiger charge is 2.20. The summed E-state index contributed by atoms with van der Waals surface area (Å²) < 4.78 is 4.62. The topological polar surface area (TPSA) is 26.3 Å². The molecule has 0 bridgehead atoms. The maximum absolute atomic E-state index is 11.0. The van der Waals surface area contributed by atoms with E-state index in [9.17, 15) is 4.79 Å². The van der Waals surface area contributed by atoms with Gasteiger partial charge in [0.2, 0.25) is 0 Å². The fraction of sp³-hybridized carbons (Fsp3) is 0.727. The van der Waals surface area contributed by atoms with Crippen LogP contribution in [0.3, 0.4) is 0 Å². The zero-order valence-corrected chi connectivity index (χ0v) is 8.67. The number of carbonyl (C=O) groups is 1. The molecule has 0 aromatic rings. The summed E-state index contributed by atoms with van der Waals surface area (Å²) in [5.74, 6) is 1.05. The van der Waals surface area contributed by atoms with Gasteiger partial charge in [0.1, 0.15) is 0 Å². The van der Waals surface area contributed by atoms with E-state index in [2.05, 4.69) is 18.6 Å². The van der Waals surface area contributed by atoms with Gasteiger partial charge in [0.25, 0.3) is 0 Å². The van der Waals surface area contributed by atoms with Crippen molar-refractivity contribution in [2.75, 3.05) is 7.11 Å². The summed E-state index contributed by atoms with van der Waals surface area (Å²) in [6, 6.07) is 0. The van der Waals surface area contributed by atoms with Crippen LogP contribution < -0.4 is 0 Å². The van der Waals surface area contributed by atoms with E-state index in [-0.39, 0.29) is 5.97 Å². The third-order valence-electron chi connectivity index (χ3n) is 2.81. The van der Waals surface area contributed by atoms with Gasteiger partial charge in [-0.1, -0.05) is 19.4 Å². The average molecular weight is 182 g/mol. The second kappa shape index (κ2) is 4.45. The molecule has 1 aliphatic carbocycles. The molecule has 0 spiro atoms. The molecule has 1 fully saturated rings. The third kappa shape index (κ3) is 2.87. The van der Waals surface area contributed by atoms with Crippen LogP contribution in [0.2, 0.25) is 0 Å². The first-order chi connectivity index (χ1) is 6.13. The SMILES string of the molecule is COC(=O)/C=C1\CC(C)CCC1C.